The first-order valence-corrected chi connectivity index (χ1v) is 5.95. The van der Waals surface area contributed by atoms with Crippen molar-refractivity contribution >= 4 is 11.8 Å². The van der Waals surface area contributed by atoms with Gasteiger partial charge in [0.15, 0.2) is 0 Å². The number of nitrogens with zero attached hydrogens (tertiary/aromatic N) is 2. The number of carbonyl (C=O) groups excluding carboxylic acids is 1. The Morgan fingerprint density at radius 2 is 2.37 bits per heavy atom. The van der Waals surface area contributed by atoms with E-state index in [2.05, 4.69) is 15.8 Å². The third kappa shape index (κ3) is 4.68. The van der Waals surface area contributed by atoms with Crippen molar-refractivity contribution in [1.82, 2.24) is 10.4 Å². The van der Waals surface area contributed by atoms with Gasteiger partial charge in [0.2, 0.25) is 0 Å². The fourth-order valence-corrected chi connectivity index (χ4v) is 1.29. The Balaban J connectivity index is 2.60. The molecule has 0 saturated heterocycles. The first-order chi connectivity index (χ1) is 9.21. The number of hydrazine groups is 1. The molecular formula is C13H16N4O2. The number of anilines is 1. The summed E-state index contributed by atoms with van der Waals surface area (Å²) in [6.07, 6.45) is 3.61. The second kappa shape index (κ2) is 7.71. The minimum atomic E-state index is -0.349. The summed E-state index contributed by atoms with van der Waals surface area (Å²) in [6, 6.07) is 5.22. The fourth-order valence-electron chi connectivity index (χ4n) is 1.29. The van der Waals surface area contributed by atoms with Gasteiger partial charge in [-0.05, 0) is 25.5 Å². The van der Waals surface area contributed by atoms with E-state index in [-0.39, 0.29) is 5.97 Å². The van der Waals surface area contributed by atoms with Crippen LogP contribution < -0.4 is 10.9 Å². The smallest absolute Gasteiger partial charge is 0.335 e. The van der Waals surface area contributed by atoms with Crippen molar-refractivity contribution in [1.29, 1.82) is 5.26 Å². The second-order valence-corrected chi connectivity index (χ2v) is 3.55. The molecule has 0 unspecified atom stereocenters. The van der Waals surface area contributed by atoms with Crippen LogP contribution in [0, 0.1) is 11.3 Å². The Morgan fingerprint density at radius 1 is 1.58 bits per heavy atom. The Labute approximate surface area is 112 Å². The van der Waals surface area contributed by atoms with Crippen molar-refractivity contribution in [3.63, 3.8) is 0 Å². The van der Waals surface area contributed by atoms with Crippen LogP contribution in [0.25, 0.3) is 0 Å². The minimum absolute atomic E-state index is 0.343. The predicted molar refractivity (Wildman–Crippen MR) is 70.7 cm³/mol. The number of esters is 1. The quantitative estimate of drug-likeness (QED) is 0.460. The van der Waals surface area contributed by atoms with Gasteiger partial charge in [0.25, 0.3) is 0 Å². The largest absolute Gasteiger partial charge is 0.463 e. The van der Waals surface area contributed by atoms with Gasteiger partial charge in [0, 0.05) is 12.4 Å². The predicted octanol–water partition coefficient (Wildman–Crippen LogP) is 1.73. The number of pyridine rings is 1. The lowest BCUT2D eigenvalue weighted by molar-refractivity contribution is -0.138. The van der Waals surface area contributed by atoms with Crippen LogP contribution in [0.3, 0.4) is 0 Å². The highest BCUT2D eigenvalue weighted by molar-refractivity contribution is 5.88. The fraction of sp³-hybridized carbons (Fsp3) is 0.308. The molecule has 2 N–H and O–H groups in total. The number of nitrogens with one attached hydrogen (secondary N) is 2. The van der Waals surface area contributed by atoms with E-state index in [0.717, 1.165) is 0 Å². The van der Waals surface area contributed by atoms with Gasteiger partial charge >= 0.3 is 5.97 Å². The van der Waals surface area contributed by atoms with Gasteiger partial charge in [-0.1, -0.05) is 6.92 Å². The molecule has 0 radical (unpaired) electrons. The SMILES string of the molecule is CCOC(=O)/C(=C/NNc1cc(C#N)ccn1)CC. The molecular weight excluding hydrogens is 244 g/mol. The van der Waals surface area contributed by atoms with Gasteiger partial charge in [-0.25, -0.2) is 9.78 Å². The third-order valence-corrected chi connectivity index (χ3v) is 2.25. The number of aromatic nitrogens is 1. The molecule has 0 spiro atoms. The standard InChI is InChI=1S/C13H16N4O2/c1-3-11(13(18)19-4-2)9-16-17-12-7-10(8-14)5-6-15-12/h5-7,9,16H,3-4H2,1-2H3,(H,15,17)/b11-9+. The molecule has 100 valence electrons. The van der Waals surface area contributed by atoms with Crippen LogP contribution in [-0.4, -0.2) is 17.6 Å². The molecule has 1 heterocycles. The molecule has 6 nitrogen and oxygen atoms in total. The molecule has 19 heavy (non-hydrogen) atoms. The summed E-state index contributed by atoms with van der Waals surface area (Å²) in [4.78, 5) is 15.5. The van der Waals surface area contributed by atoms with Crippen LogP contribution in [0.1, 0.15) is 25.8 Å². The normalized spacial score (nSPS) is 10.5. The Kier molecular flexibility index (Phi) is 5.89. The molecule has 0 fully saturated rings. The lowest BCUT2D eigenvalue weighted by Gasteiger charge is -2.07. The van der Waals surface area contributed by atoms with Crippen LogP contribution in [-0.2, 0) is 9.53 Å². The summed E-state index contributed by atoms with van der Waals surface area (Å²) in [5.74, 6) is 0.146. The zero-order valence-electron chi connectivity index (χ0n) is 10.9. The number of hydrogen-bond acceptors (Lipinski definition) is 6. The van der Waals surface area contributed by atoms with Crippen LogP contribution in [0.5, 0.6) is 0 Å². The molecule has 0 amide bonds. The molecule has 0 saturated carbocycles. The van der Waals surface area contributed by atoms with Gasteiger partial charge in [-0.3, -0.25) is 5.43 Å². The number of rotatable bonds is 6. The maximum Gasteiger partial charge on any atom is 0.335 e. The summed E-state index contributed by atoms with van der Waals surface area (Å²) in [6.45, 7) is 3.96. The van der Waals surface area contributed by atoms with E-state index in [1.54, 1.807) is 19.1 Å². The Morgan fingerprint density at radius 3 is 3.00 bits per heavy atom. The monoisotopic (exact) mass is 260 g/mol. The molecule has 1 rings (SSSR count). The lowest BCUT2D eigenvalue weighted by atomic mass is 10.2. The van der Waals surface area contributed by atoms with E-state index >= 15 is 0 Å². The van der Waals surface area contributed by atoms with E-state index in [1.165, 1.54) is 12.4 Å². The van der Waals surface area contributed by atoms with Crippen molar-refractivity contribution in [2.75, 3.05) is 12.0 Å². The topological polar surface area (TPSA) is 87.0 Å². The van der Waals surface area contributed by atoms with Crippen molar-refractivity contribution < 1.29 is 9.53 Å². The summed E-state index contributed by atoms with van der Waals surface area (Å²) in [5.41, 5.74) is 6.57. The first-order valence-electron chi connectivity index (χ1n) is 5.95. The van der Waals surface area contributed by atoms with Crippen molar-refractivity contribution in [3.8, 4) is 6.07 Å². The number of nitriles is 1. The van der Waals surface area contributed by atoms with Gasteiger partial charge in [0.05, 0.1) is 23.8 Å². The summed E-state index contributed by atoms with van der Waals surface area (Å²) in [5, 5.41) is 8.75. The van der Waals surface area contributed by atoms with Crippen molar-refractivity contribution in [3.05, 3.63) is 35.7 Å². The molecule has 0 bridgehead atoms. The van der Waals surface area contributed by atoms with E-state index in [0.29, 0.717) is 30.0 Å². The highest BCUT2D eigenvalue weighted by Crippen LogP contribution is 2.05. The molecule has 0 atom stereocenters. The van der Waals surface area contributed by atoms with E-state index in [9.17, 15) is 4.79 Å². The number of ether oxygens (including phenoxy) is 1. The molecule has 0 aliphatic heterocycles. The molecule has 1 aromatic rings. The van der Waals surface area contributed by atoms with Crippen LogP contribution >= 0.6 is 0 Å². The molecule has 1 aromatic heterocycles. The summed E-state index contributed by atoms with van der Waals surface area (Å²) >= 11 is 0. The van der Waals surface area contributed by atoms with Gasteiger partial charge in [0.1, 0.15) is 5.82 Å². The average molecular weight is 260 g/mol. The second-order valence-electron chi connectivity index (χ2n) is 3.55. The van der Waals surface area contributed by atoms with Crippen LogP contribution in [0.2, 0.25) is 0 Å². The van der Waals surface area contributed by atoms with E-state index < -0.39 is 0 Å². The zero-order valence-corrected chi connectivity index (χ0v) is 10.9. The maximum absolute atomic E-state index is 11.5. The van der Waals surface area contributed by atoms with Crippen molar-refractivity contribution in [2.24, 2.45) is 0 Å². The minimum Gasteiger partial charge on any atom is -0.463 e. The lowest BCUT2D eigenvalue weighted by Crippen LogP contribution is -2.18. The molecule has 0 aromatic carbocycles. The van der Waals surface area contributed by atoms with Gasteiger partial charge < -0.3 is 10.2 Å². The van der Waals surface area contributed by atoms with Crippen LogP contribution in [0.4, 0.5) is 5.82 Å². The average Bonchev–Trinajstić information content (AvgIpc) is 2.44. The van der Waals surface area contributed by atoms with Gasteiger partial charge in [-0.15, -0.1) is 0 Å². The summed E-state index contributed by atoms with van der Waals surface area (Å²) in [7, 11) is 0. The highest BCUT2D eigenvalue weighted by Gasteiger charge is 2.07. The Bertz CT molecular complexity index is 506. The number of hydrogen-bond donors (Lipinski definition) is 2. The molecule has 6 heteroatoms. The maximum atomic E-state index is 11.5. The first kappa shape index (κ1) is 14.5. The Hall–Kier alpha value is -2.55. The van der Waals surface area contributed by atoms with E-state index in [1.807, 2.05) is 13.0 Å². The number of carbonyl (C=O) groups is 1. The highest BCUT2D eigenvalue weighted by atomic mass is 16.5. The molecule has 0 aliphatic rings. The third-order valence-electron chi connectivity index (χ3n) is 2.25. The molecule has 0 aliphatic carbocycles. The summed E-state index contributed by atoms with van der Waals surface area (Å²) < 4.78 is 4.90. The van der Waals surface area contributed by atoms with E-state index in [4.69, 9.17) is 10.00 Å². The van der Waals surface area contributed by atoms with Gasteiger partial charge in [-0.2, -0.15) is 5.26 Å². The van der Waals surface area contributed by atoms with Crippen LogP contribution in [0.15, 0.2) is 30.1 Å². The zero-order chi connectivity index (χ0) is 14.1. The van der Waals surface area contributed by atoms with Crippen molar-refractivity contribution in [2.45, 2.75) is 20.3 Å².